The van der Waals surface area contributed by atoms with Crippen LogP contribution in [0.4, 0.5) is 11.4 Å². The van der Waals surface area contributed by atoms with Crippen molar-refractivity contribution >= 4 is 41.3 Å². The summed E-state index contributed by atoms with van der Waals surface area (Å²) in [7, 11) is 3.35. The van der Waals surface area contributed by atoms with Crippen molar-refractivity contribution in [1.29, 1.82) is 0 Å². The second-order valence-electron chi connectivity index (χ2n) is 6.36. The summed E-state index contributed by atoms with van der Waals surface area (Å²) in [6.07, 6.45) is 1.09. The van der Waals surface area contributed by atoms with Crippen LogP contribution >= 0.6 is 24.0 Å². The molecule has 0 saturated carbocycles. The van der Waals surface area contributed by atoms with E-state index in [4.69, 9.17) is 15.2 Å². The molecule has 146 valence electrons. The average Bonchev–Trinajstić information content (AvgIpc) is 3.15. The Balaban J connectivity index is 0.00000261. The number of para-hydroxylation sites is 2. The Bertz CT molecular complexity index is 769. The monoisotopic (exact) mass is 482 g/mol. The van der Waals surface area contributed by atoms with Crippen molar-refractivity contribution in [3.8, 4) is 11.5 Å². The first kappa shape index (κ1) is 21.1. The van der Waals surface area contributed by atoms with Gasteiger partial charge in [0.05, 0.1) is 19.9 Å². The van der Waals surface area contributed by atoms with Crippen LogP contribution in [-0.4, -0.2) is 39.8 Å². The van der Waals surface area contributed by atoms with Crippen molar-refractivity contribution < 1.29 is 9.47 Å². The largest absolute Gasteiger partial charge is 0.497 e. The first-order chi connectivity index (χ1) is 12.7. The van der Waals surface area contributed by atoms with Gasteiger partial charge in [-0.3, -0.25) is 4.99 Å². The first-order valence-electron chi connectivity index (χ1n) is 8.78. The second kappa shape index (κ2) is 10.2. The number of guanidine groups is 1. The number of nitrogens with two attached hydrogens (primary N) is 1. The number of nitrogens with zero attached hydrogens (tertiary/aromatic N) is 2. The van der Waals surface area contributed by atoms with Gasteiger partial charge < -0.3 is 25.4 Å². The van der Waals surface area contributed by atoms with E-state index in [9.17, 15) is 0 Å². The van der Waals surface area contributed by atoms with E-state index in [1.54, 1.807) is 14.2 Å². The van der Waals surface area contributed by atoms with E-state index in [0.29, 0.717) is 18.4 Å². The third kappa shape index (κ3) is 5.66. The minimum absolute atomic E-state index is 0. The Hall–Kier alpha value is -2.16. The average molecular weight is 482 g/mol. The Morgan fingerprint density at radius 1 is 1.19 bits per heavy atom. The molecule has 0 amide bonds. The number of hydrogen-bond donors (Lipinski definition) is 2. The number of nitrogens with one attached hydrogen (secondary N) is 1. The molecule has 0 spiro atoms. The van der Waals surface area contributed by atoms with Crippen LogP contribution in [0.2, 0.25) is 0 Å². The fraction of sp³-hybridized carbons (Fsp3) is 0.350. The van der Waals surface area contributed by atoms with E-state index in [0.717, 1.165) is 42.4 Å². The van der Waals surface area contributed by atoms with Crippen molar-refractivity contribution in [3.63, 3.8) is 0 Å². The van der Waals surface area contributed by atoms with Crippen molar-refractivity contribution in [3.05, 3.63) is 48.5 Å². The van der Waals surface area contributed by atoms with Crippen molar-refractivity contribution in [1.82, 2.24) is 0 Å². The van der Waals surface area contributed by atoms with Gasteiger partial charge in [-0.05, 0) is 36.6 Å². The number of hydrogen-bond acceptors (Lipinski definition) is 4. The van der Waals surface area contributed by atoms with E-state index >= 15 is 0 Å². The number of ether oxygens (including phenoxy) is 2. The summed E-state index contributed by atoms with van der Waals surface area (Å²) in [5.41, 5.74) is 8.04. The SMILES string of the molecule is COc1cccc(NC(N)=NCC2CCN(c3ccccc3OC)C2)c1.I. The molecule has 3 rings (SSSR count). The lowest BCUT2D eigenvalue weighted by Gasteiger charge is -2.21. The Kier molecular flexibility index (Phi) is 8.02. The predicted octanol–water partition coefficient (Wildman–Crippen LogP) is 3.57. The van der Waals surface area contributed by atoms with Crippen LogP contribution in [0.3, 0.4) is 0 Å². The number of aliphatic imine (C=N–C) groups is 1. The predicted molar refractivity (Wildman–Crippen MR) is 122 cm³/mol. The number of benzene rings is 2. The maximum atomic E-state index is 6.03. The topological polar surface area (TPSA) is 72.1 Å². The van der Waals surface area contributed by atoms with Crippen LogP contribution < -0.4 is 25.4 Å². The van der Waals surface area contributed by atoms with Gasteiger partial charge in [-0.2, -0.15) is 0 Å². The Morgan fingerprint density at radius 3 is 2.78 bits per heavy atom. The fourth-order valence-corrected chi connectivity index (χ4v) is 3.21. The third-order valence-corrected chi connectivity index (χ3v) is 4.57. The molecule has 1 aliphatic rings. The van der Waals surface area contributed by atoms with Crippen LogP contribution in [0.1, 0.15) is 6.42 Å². The molecule has 6 nitrogen and oxygen atoms in total. The first-order valence-corrected chi connectivity index (χ1v) is 8.78. The maximum absolute atomic E-state index is 6.03. The van der Waals surface area contributed by atoms with Crippen LogP contribution in [0, 0.1) is 5.92 Å². The highest BCUT2D eigenvalue weighted by molar-refractivity contribution is 14.0. The zero-order valence-corrected chi connectivity index (χ0v) is 18.1. The molecule has 1 fully saturated rings. The van der Waals surface area contributed by atoms with E-state index in [1.165, 1.54) is 0 Å². The molecule has 27 heavy (non-hydrogen) atoms. The molecule has 0 aromatic heterocycles. The molecule has 0 aliphatic carbocycles. The van der Waals surface area contributed by atoms with Gasteiger partial charge in [0.1, 0.15) is 11.5 Å². The summed E-state index contributed by atoms with van der Waals surface area (Å²) in [6.45, 7) is 2.66. The van der Waals surface area contributed by atoms with Gasteiger partial charge in [-0.25, -0.2) is 0 Å². The van der Waals surface area contributed by atoms with E-state index < -0.39 is 0 Å². The van der Waals surface area contributed by atoms with E-state index in [2.05, 4.69) is 21.3 Å². The van der Waals surface area contributed by atoms with Crippen LogP contribution in [0.5, 0.6) is 11.5 Å². The van der Waals surface area contributed by atoms with Gasteiger partial charge in [0.15, 0.2) is 5.96 Å². The van der Waals surface area contributed by atoms with Crippen molar-refractivity contribution in [2.24, 2.45) is 16.6 Å². The van der Waals surface area contributed by atoms with Gasteiger partial charge in [-0.1, -0.05) is 18.2 Å². The normalized spacial score (nSPS) is 16.6. The van der Waals surface area contributed by atoms with Gasteiger partial charge in [0.2, 0.25) is 0 Å². The third-order valence-electron chi connectivity index (χ3n) is 4.57. The molecular formula is C20H27IN4O2. The Morgan fingerprint density at radius 2 is 2.00 bits per heavy atom. The molecule has 1 unspecified atom stereocenters. The Labute approximate surface area is 177 Å². The number of methoxy groups -OCH3 is 2. The molecule has 1 heterocycles. The summed E-state index contributed by atoms with van der Waals surface area (Å²) in [5, 5.41) is 3.12. The highest BCUT2D eigenvalue weighted by Gasteiger charge is 2.24. The number of anilines is 2. The smallest absolute Gasteiger partial charge is 0.193 e. The quantitative estimate of drug-likeness (QED) is 0.374. The molecule has 2 aromatic rings. The highest BCUT2D eigenvalue weighted by Crippen LogP contribution is 2.32. The summed E-state index contributed by atoms with van der Waals surface area (Å²) in [6, 6.07) is 15.8. The highest BCUT2D eigenvalue weighted by atomic mass is 127. The van der Waals surface area contributed by atoms with Gasteiger partial charge in [0.25, 0.3) is 0 Å². The van der Waals surface area contributed by atoms with E-state index in [-0.39, 0.29) is 24.0 Å². The van der Waals surface area contributed by atoms with Crippen LogP contribution in [0.25, 0.3) is 0 Å². The minimum Gasteiger partial charge on any atom is -0.497 e. The lowest BCUT2D eigenvalue weighted by atomic mass is 10.1. The minimum atomic E-state index is 0. The van der Waals surface area contributed by atoms with Crippen LogP contribution in [0.15, 0.2) is 53.5 Å². The second-order valence-corrected chi connectivity index (χ2v) is 6.36. The molecule has 0 radical (unpaired) electrons. The lowest BCUT2D eigenvalue weighted by Crippen LogP contribution is -2.25. The molecule has 1 saturated heterocycles. The zero-order chi connectivity index (χ0) is 18.4. The van der Waals surface area contributed by atoms with Crippen molar-refractivity contribution in [2.45, 2.75) is 6.42 Å². The number of halogens is 1. The van der Waals surface area contributed by atoms with Crippen molar-refractivity contribution in [2.75, 3.05) is 44.1 Å². The molecule has 2 aromatic carbocycles. The number of rotatable bonds is 6. The van der Waals surface area contributed by atoms with Crippen LogP contribution in [-0.2, 0) is 0 Å². The zero-order valence-electron chi connectivity index (χ0n) is 15.7. The standard InChI is InChI=1S/C20H26N4O2.HI/c1-25-17-7-5-6-16(12-17)23-20(21)22-13-15-10-11-24(14-15)18-8-3-4-9-19(18)26-2;/h3-9,12,15H,10-11,13-14H2,1-2H3,(H3,21,22,23);1H. The molecule has 1 aliphatic heterocycles. The maximum Gasteiger partial charge on any atom is 0.193 e. The summed E-state index contributed by atoms with van der Waals surface area (Å²) >= 11 is 0. The summed E-state index contributed by atoms with van der Waals surface area (Å²) in [5.74, 6) is 2.60. The lowest BCUT2D eigenvalue weighted by molar-refractivity contribution is 0.414. The van der Waals surface area contributed by atoms with Gasteiger partial charge >= 0.3 is 0 Å². The molecule has 1 atom stereocenters. The van der Waals surface area contributed by atoms with Gasteiger partial charge in [0, 0.05) is 31.4 Å². The fourth-order valence-electron chi connectivity index (χ4n) is 3.21. The van der Waals surface area contributed by atoms with E-state index in [1.807, 2.05) is 42.5 Å². The molecule has 3 N–H and O–H groups in total. The molecule has 0 bridgehead atoms. The summed E-state index contributed by atoms with van der Waals surface area (Å²) < 4.78 is 10.7. The molecule has 7 heteroatoms. The summed E-state index contributed by atoms with van der Waals surface area (Å²) in [4.78, 5) is 6.86. The van der Waals surface area contributed by atoms with Gasteiger partial charge in [-0.15, -0.1) is 24.0 Å². The molecular weight excluding hydrogens is 455 g/mol.